The molecular weight excluding hydrogens is 328 g/mol. The van der Waals surface area contributed by atoms with Crippen molar-refractivity contribution >= 4 is 34.2 Å². The van der Waals surface area contributed by atoms with Crippen LogP contribution in [0.2, 0.25) is 5.02 Å². The van der Waals surface area contributed by atoms with Gasteiger partial charge < -0.3 is 14.5 Å². The Morgan fingerprint density at radius 2 is 2.08 bits per heavy atom. The number of hydrogen-bond acceptors (Lipinski definition) is 4. The maximum atomic E-state index is 12.5. The van der Waals surface area contributed by atoms with Crippen LogP contribution in [-0.2, 0) is 0 Å². The number of furan rings is 1. The van der Waals surface area contributed by atoms with E-state index in [0.29, 0.717) is 22.6 Å². The van der Waals surface area contributed by atoms with Crippen molar-refractivity contribution < 1.29 is 13.9 Å². The lowest BCUT2D eigenvalue weighted by Gasteiger charge is -2.05. The SMILES string of the molecule is COc1ccc2oc(C(=O)Nc3ccc(C#N)c(Cl)c3)c(C)c2c1. The minimum Gasteiger partial charge on any atom is -0.497 e. The second-order valence-electron chi connectivity index (χ2n) is 5.18. The zero-order valence-electron chi connectivity index (χ0n) is 13.0. The number of nitrogens with zero attached hydrogens (tertiary/aromatic N) is 1. The minimum absolute atomic E-state index is 0.221. The predicted molar refractivity (Wildman–Crippen MR) is 91.6 cm³/mol. The van der Waals surface area contributed by atoms with Crippen molar-refractivity contribution in [2.75, 3.05) is 12.4 Å². The van der Waals surface area contributed by atoms with Crippen LogP contribution >= 0.6 is 11.6 Å². The van der Waals surface area contributed by atoms with Gasteiger partial charge in [0.15, 0.2) is 5.76 Å². The van der Waals surface area contributed by atoms with Gasteiger partial charge in [0.1, 0.15) is 17.4 Å². The standard InChI is InChI=1S/C18H13ClN2O3/c1-10-14-8-13(23-2)5-6-16(14)24-17(10)18(22)21-12-4-3-11(9-20)15(19)7-12/h3-8H,1-2H3,(H,21,22). The molecule has 6 heteroatoms. The molecule has 5 nitrogen and oxygen atoms in total. The summed E-state index contributed by atoms with van der Waals surface area (Å²) in [6.07, 6.45) is 0. The third-order valence-electron chi connectivity index (χ3n) is 3.70. The van der Waals surface area contributed by atoms with Gasteiger partial charge in [-0.1, -0.05) is 11.6 Å². The van der Waals surface area contributed by atoms with Crippen LogP contribution in [0, 0.1) is 18.3 Å². The molecule has 0 atom stereocenters. The number of ether oxygens (including phenoxy) is 1. The summed E-state index contributed by atoms with van der Waals surface area (Å²) in [5, 5.41) is 12.7. The van der Waals surface area contributed by atoms with Gasteiger partial charge in [-0.3, -0.25) is 4.79 Å². The highest BCUT2D eigenvalue weighted by Gasteiger charge is 2.18. The van der Waals surface area contributed by atoms with Gasteiger partial charge in [-0.2, -0.15) is 5.26 Å². The van der Waals surface area contributed by atoms with Crippen molar-refractivity contribution in [2.45, 2.75) is 6.92 Å². The van der Waals surface area contributed by atoms with Crippen molar-refractivity contribution in [3.8, 4) is 11.8 Å². The van der Waals surface area contributed by atoms with Gasteiger partial charge in [-0.05, 0) is 43.3 Å². The monoisotopic (exact) mass is 340 g/mol. The van der Waals surface area contributed by atoms with E-state index in [9.17, 15) is 4.79 Å². The lowest BCUT2D eigenvalue weighted by molar-refractivity contribution is 0.0998. The molecule has 1 amide bonds. The fraction of sp³-hybridized carbons (Fsp3) is 0.111. The van der Waals surface area contributed by atoms with Crippen LogP contribution in [0.25, 0.3) is 11.0 Å². The lowest BCUT2D eigenvalue weighted by Crippen LogP contribution is -2.12. The number of aryl methyl sites for hydroxylation is 1. The van der Waals surface area contributed by atoms with Gasteiger partial charge >= 0.3 is 0 Å². The molecule has 1 aromatic heterocycles. The Hall–Kier alpha value is -2.97. The summed E-state index contributed by atoms with van der Waals surface area (Å²) in [7, 11) is 1.58. The van der Waals surface area contributed by atoms with Crippen LogP contribution in [0.5, 0.6) is 5.75 Å². The number of benzene rings is 2. The number of carbonyl (C=O) groups is 1. The fourth-order valence-corrected chi connectivity index (χ4v) is 2.64. The van der Waals surface area contributed by atoms with E-state index >= 15 is 0 Å². The van der Waals surface area contributed by atoms with Gasteiger partial charge in [-0.15, -0.1) is 0 Å². The Kier molecular flexibility index (Phi) is 4.15. The second-order valence-corrected chi connectivity index (χ2v) is 5.59. The molecular formula is C18H13ClN2O3. The molecule has 1 N–H and O–H groups in total. The van der Waals surface area contributed by atoms with Crippen molar-refractivity contribution in [3.05, 3.63) is 58.3 Å². The number of rotatable bonds is 3. The van der Waals surface area contributed by atoms with E-state index in [1.54, 1.807) is 31.4 Å². The smallest absolute Gasteiger partial charge is 0.291 e. The molecule has 1 heterocycles. The first-order chi connectivity index (χ1) is 11.5. The number of nitriles is 1. The van der Waals surface area contributed by atoms with E-state index in [4.69, 9.17) is 26.0 Å². The summed E-state index contributed by atoms with van der Waals surface area (Å²) >= 11 is 5.98. The van der Waals surface area contributed by atoms with Crippen molar-refractivity contribution in [1.82, 2.24) is 0 Å². The Morgan fingerprint density at radius 3 is 2.75 bits per heavy atom. The molecule has 24 heavy (non-hydrogen) atoms. The fourth-order valence-electron chi connectivity index (χ4n) is 2.41. The molecule has 0 saturated heterocycles. The van der Waals surface area contributed by atoms with Crippen LogP contribution in [0.3, 0.4) is 0 Å². The maximum absolute atomic E-state index is 12.5. The quantitative estimate of drug-likeness (QED) is 0.760. The third-order valence-corrected chi connectivity index (χ3v) is 4.01. The number of amides is 1. The maximum Gasteiger partial charge on any atom is 0.291 e. The molecule has 0 aliphatic carbocycles. The topological polar surface area (TPSA) is 75.3 Å². The molecule has 120 valence electrons. The highest BCUT2D eigenvalue weighted by Crippen LogP contribution is 2.29. The van der Waals surface area contributed by atoms with E-state index in [2.05, 4.69) is 5.32 Å². The Labute approximate surface area is 143 Å². The third kappa shape index (κ3) is 2.80. The molecule has 0 aliphatic heterocycles. The summed E-state index contributed by atoms with van der Waals surface area (Å²) in [5.74, 6) is 0.527. The van der Waals surface area contributed by atoms with E-state index in [-0.39, 0.29) is 16.7 Å². The number of nitrogens with one attached hydrogen (secondary N) is 1. The van der Waals surface area contributed by atoms with E-state index in [0.717, 1.165) is 10.9 Å². The average Bonchev–Trinajstić information content (AvgIpc) is 2.91. The van der Waals surface area contributed by atoms with Crippen LogP contribution in [0.1, 0.15) is 21.7 Å². The molecule has 0 fully saturated rings. The van der Waals surface area contributed by atoms with Crippen LogP contribution in [0.15, 0.2) is 40.8 Å². The van der Waals surface area contributed by atoms with Crippen molar-refractivity contribution in [1.29, 1.82) is 5.26 Å². The molecule has 0 aliphatic rings. The van der Waals surface area contributed by atoms with E-state index < -0.39 is 0 Å². The molecule has 0 spiro atoms. The number of fused-ring (bicyclic) bond motifs is 1. The van der Waals surface area contributed by atoms with E-state index in [1.165, 1.54) is 6.07 Å². The number of hydrogen-bond donors (Lipinski definition) is 1. The zero-order valence-corrected chi connectivity index (χ0v) is 13.8. The molecule has 3 aromatic rings. The highest BCUT2D eigenvalue weighted by atomic mass is 35.5. The number of halogens is 1. The zero-order chi connectivity index (χ0) is 17.3. The van der Waals surface area contributed by atoms with Gasteiger partial charge in [0, 0.05) is 16.6 Å². The predicted octanol–water partition coefficient (Wildman–Crippen LogP) is 4.53. The average molecular weight is 341 g/mol. The molecule has 2 aromatic carbocycles. The number of methoxy groups -OCH3 is 1. The van der Waals surface area contributed by atoms with Gasteiger partial charge in [0.05, 0.1) is 17.7 Å². The molecule has 0 radical (unpaired) electrons. The molecule has 0 bridgehead atoms. The Bertz CT molecular complexity index is 986. The lowest BCUT2D eigenvalue weighted by atomic mass is 10.1. The van der Waals surface area contributed by atoms with Crippen molar-refractivity contribution in [3.63, 3.8) is 0 Å². The molecule has 0 saturated carbocycles. The van der Waals surface area contributed by atoms with Crippen LogP contribution < -0.4 is 10.1 Å². The molecule has 0 unspecified atom stereocenters. The summed E-state index contributed by atoms with van der Waals surface area (Å²) in [5.41, 5.74) is 2.17. The van der Waals surface area contributed by atoms with Gasteiger partial charge in [-0.25, -0.2) is 0 Å². The first-order valence-corrected chi connectivity index (χ1v) is 7.49. The van der Waals surface area contributed by atoms with Crippen molar-refractivity contribution in [2.24, 2.45) is 0 Å². The minimum atomic E-state index is -0.386. The normalized spacial score (nSPS) is 10.4. The van der Waals surface area contributed by atoms with Gasteiger partial charge in [0.2, 0.25) is 0 Å². The highest BCUT2D eigenvalue weighted by molar-refractivity contribution is 6.32. The van der Waals surface area contributed by atoms with Gasteiger partial charge in [0.25, 0.3) is 5.91 Å². The van der Waals surface area contributed by atoms with E-state index in [1.807, 2.05) is 19.1 Å². The first-order valence-electron chi connectivity index (χ1n) is 7.11. The summed E-state index contributed by atoms with van der Waals surface area (Å²) in [6.45, 7) is 1.81. The molecule has 3 rings (SSSR count). The largest absolute Gasteiger partial charge is 0.497 e. The Morgan fingerprint density at radius 1 is 1.29 bits per heavy atom. The first kappa shape index (κ1) is 15.9. The summed E-state index contributed by atoms with van der Waals surface area (Å²) in [4.78, 5) is 12.5. The summed E-state index contributed by atoms with van der Waals surface area (Å²) in [6, 6.07) is 12.0. The Balaban J connectivity index is 1.93. The second kappa shape index (κ2) is 6.26. The van der Waals surface area contributed by atoms with Crippen LogP contribution in [0.4, 0.5) is 5.69 Å². The summed E-state index contributed by atoms with van der Waals surface area (Å²) < 4.78 is 10.8. The number of anilines is 1. The number of carbonyl (C=O) groups excluding carboxylic acids is 1. The van der Waals surface area contributed by atoms with Crippen LogP contribution in [-0.4, -0.2) is 13.0 Å².